The summed E-state index contributed by atoms with van der Waals surface area (Å²) < 4.78 is 6.67. The third kappa shape index (κ3) is 4.04. The second kappa shape index (κ2) is 6.17. The summed E-state index contributed by atoms with van der Waals surface area (Å²) in [6.07, 6.45) is 4.30. The van der Waals surface area contributed by atoms with Gasteiger partial charge in [-0.1, -0.05) is 6.07 Å². The molecule has 1 aromatic carbocycles. The molecule has 1 unspecified atom stereocenters. The molecular weight excluding hydrogens is 304 g/mol. The lowest BCUT2D eigenvalue weighted by Gasteiger charge is -2.11. The van der Waals surface area contributed by atoms with Crippen molar-refractivity contribution in [1.29, 1.82) is 0 Å². The third-order valence-electron chi connectivity index (χ3n) is 2.77. The number of ether oxygens (including phenoxy) is 1. The molecule has 1 atom stereocenters. The maximum absolute atomic E-state index is 5.83. The largest absolute Gasteiger partial charge is 0.456 e. The number of hydrogen-bond acceptors (Lipinski definition) is 3. The molecule has 1 aromatic heterocycles. The van der Waals surface area contributed by atoms with E-state index in [2.05, 4.69) is 33.9 Å². The molecule has 19 heavy (non-hydrogen) atoms. The molecule has 2 N–H and O–H groups in total. The fraction of sp³-hybridized carbons (Fsp3) is 0.267. The van der Waals surface area contributed by atoms with Crippen molar-refractivity contribution in [1.82, 2.24) is 4.98 Å². The zero-order chi connectivity index (χ0) is 13.8. The second-order valence-electron chi connectivity index (χ2n) is 4.71. The van der Waals surface area contributed by atoms with Gasteiger partial charge in [0.05, 0.1) is 6.20 Å². The highest BCUT2D eigenvalue weighted by Crippen LogP contribution is 2.25. The van der Waals surface area contributed by atoms with Crippen LogP contribution in [0.1, 0.15) is 18.1 Å². The lowest BCUT2D eigenvalue weighted by Crippen LogP contribution is -2.18. The Morgan fingerprint density at radius 1 is 1.26 bits per heavy atom. The standard InChI is InChI=1S/C15H17BrN2O/c1-10-5-14(4-3-12(10)6-11(2)17)19-15-7-13(16)8-18-9-15/h3-5,7-9,11H,6,17H2,1-2H3. The Labute approximate surface area is 121 Å². The van der Waals surface area contributed by atoms with Crippen molar-refractivity contribution in [3.63, 3.8) is 0 Å². The monoisotopic (exact) mass is 320 g/mol. The van der Waals surface area contributed by atoms with Crippen LogP contribution < -0.4 is 10.5 Å². The lowest BCUT2D eigenvalue weighted by atomic mass is 10.0. The molecule has 0 spiro atoms. The smallest absolute Gasteiger partial charge is 0.146 e. The van der Waals surface area contributed by atoms with Gasteiger partial charge in [-0.3, -0.25) is 4.98 Å². The van der Waals surface area contributed by atoms with Gasteiger partial charge < -0.3 is 10.5 Å². The predicted molar refractivity (Wildman–Crippen MR) is 80.5 cm³/mol. The molecule has 2 aromatic rings. The van der Waals surface area contributed by atoms with Crippen LogP contribution in [0.3, 0.4) is 0 Å². The van der Waals surface area contributed by atoms with Crippen molar-refractivity contribution < 1.29 is 4.74 Å². The summed E-state index contributed by atoms with van der Waals surface area (Å²) in [7, 11) is 0. The molecule has 100 valence electrons. The van der Waals surface area contributed by atoms with E-state index in [0.29, 0.717) is 5.75 Å². The number of hydrogen-bond donors (Lipinski definition) is 1. The van der Waals surface area contributed by atoms with E-state index in [1.165, 1.54) is 11.1 Å². The van der Waals surface area contributed by atoms with Crippen molar-refractivity contribution in [2.24, 2.45) is 5.73 Å². The molecule has 0 aliphatic carbocycles. The molecule has 0 saturated heterocycles. The number of nitrogens with zero attached hydrogens (tertiary/aromatic N) is 1. The molecule has 4 heteroatoms. The topological polar surface area (TPSA) is 48.1 Å². The van der Waals surface area contributed by atoms with E-state index < -0.39 is 0 Å². The predicted octanol–water partition coefficient (Wildman–Crippen LogP) is 3.83. The summed E-state index contributed by atoms with van der Waals surface area (Å²) in [5.41, 5.74) is 8.28. The Bertz CT molecular complexity index is 570. The Morgan fingerprint density at radius 3 is 2.68 bits per heavy atom. The molecule has 0 aliphatic heterocycles. The molecule has 2 rings (SSSR count). The van der Waals surface area contributed by atoms with Crippen LogP contribution in [0.15, 0.2) is 41.1 Å². The lowest BCUT2D eigenvalue weighted by molar-refractivity contribution is 0.479. The summed E-state index contributed by atoms with van der Waals surface area (Å²) >= 11 is 3.37. The highest BCUT2D eigenvalue weighted by molar-refractivity contribution is 9.10. The van der Waals surface area contributed by atoms with Crippen LogP contribution >= 0.6 is 15.9 Å². The van der Waals surface area contributed by atoms with Crippen molar-refractivity contribution >= 4 is 15.9 Å². The van der Waals surface area contributed by atoms with Crippen LogP contribution in [0.25, 0.3) is 0 Å². The van der Waals surface area contributed by atoms with Gasteiger partial charge in [0, 0.05) is 16.7 Å². The molecule has 1 heterocycles. The van der Waals surface area contributed by atoms with Crippen LogP contribution in [-0.4, -0.2) is 11.0 Å². The number of nitrogens with two attached hydrogens (primary N) is 1. The Balaban J connectivity index is 2.16. The maximum atomic E-state index is 5.83. The molecule has 0 saturated carbocycles. The van der Waals surface area contributed by atoms with Gasteiger partial charge in [-0.25, -0.2) is 0 Å². The van der Waals surface area contributed by atoms with Crippen molar-refractivity contribution in [2.45, 2.75) is 26.3 Å². The number of aryl methyl sites for hydroxylation is 1. The fourth-order valence-electron chi connectivity index (χ4n) is 1.89. The van der Waals surface area contributed by atoms with Gasteiger partial charge >= 0.3 is 0 Å². The first-order valence-electron chi connectivity index (χ1n) is 6.18. The van der Waals surface area contributed by atoms with E-state index in [0.717, 1.165) is 16.6 Å². The molecule has 3 nitrogen and oxygen atoms in total. The number of rotatable bonds is 4. The average Bonchev–Trinajstić information content (AvgIpc) is 2.32. The Hall–Kier alpha value is -1.39. The maximum Gasteiger partial charge on any atom is 0.146 e. The van der Waals surface area contributed by atoms with Gasteiger partial charge in [0.25, 0.3) is 0 Å². The van der Waals surface area contributed by atoms with Crippen LogP contribution in [0.5, 0.6) is 11.5 Å². The first kappa shape index (κ1) is 14.0. The van der Waals surface area contributed by atoms with Crippen LogP contribution in [0.4, 0.5) is 0 Å². The first-order valence-corrected chi connectivity index (χ1v) is 6.97. The summed E-state index contributed by atoms with van der Waals surface area (Å²) in [5.74, 6) is 1.53. The van der Waals surface area contributed by atoms with Gasteiger partial charge in [0.15, 0.2) is 0 Å². The third-order valence-corrected chi connectivity index (χ3v) is 3.21. The number of benzene rings is 1. The minimum atomic E-state index is 0.166. The summed E-state index contributed by atoms with van der Waals surface area (Å²) in [6.45, 7) is 4.08. The molecule has 0 amide bonds. The van der Waals surface area contributed by atoms with E-state index in [1.807, 2.05) is 25.1 Å². The van der Waals surface area contributed by atoms with E-state index >= 15 is 0 Å². The summed E-state index contributed by atoms with van der Waals surface area (Å²) in [5, 5.41) is 0. The molecular formula is C15H17BrN2O. The van der Waals surface area contributed by atoms with E-state index in [9.17, 15) is 0 Å². The minimum absolute atomic E-state index is 0.166. The number of pyridine rings is 1. The summed E-state index contributed by atoms with van der Waals surface area (Å²) in [6, 6.07) is 8.11. The SMILES string of the molecule is Cc1cc(Oc2cncc(Br)c2)ccc1CC(C)N. The highest BCUT2D eigenvalue weighted by Gasteiger charge is 2.05. The van der Waals surface area contributed by atoms with Gasteiger partial charge in [0.1, 0.15) is 11.5 Å². The Kier molecular flexibility index (Phi) is 4.56. The van der Waals surface area contributed by atoms with Crippen molar-refractivity contribution in [3.05, 3.63) is 52.3 Å². The van der Waals surface area contributed by atoms with Gasteiger partial charge in [-0.2, -0.15) is 0 Å². The van der Waals surface area contributed by atoms with Crippen molar-refractivity contribution in [3.8, 4) is 11.5 Å². The zero-order valence-corrected chi connectivity index (χ0v) is 12.6. The molecule has 0 aliphatic rings. The molecule has 0 fully saturated rings. The zero-order valence-electron chi connectivity index (χ0n) is 11.1. The second-order valence-corrected chi connectivity index (χ2v) is 5.63. The van der Waals surface area contributed by atoms with E-state index in [-0.39, 0.29) is 6.04 Å². The number of halogens is 1. The quantitative estimate of drug-likeness (QED) is 0.931. The number of aromatic nitrogens is 1. The van der Waals surface area contributed by atoms with Crippen LogP contribution in [0, 0.1) is 6.92 Å². The normalized spacial score (nSPS) is 12.2. The fourth-order valence-corrected chi connectivity index (χ4v) is 2.24. The average molecular weight is 321 g/mol. The van der Waals surface area contributed by atoms with Gasteiger partial charge in [0.2, 0.25) is 0 Å². The highest BCUT2D eigenvalue weighted by atomic mass is 79.9. The first-order chi connectivity index (χ1) is 9.04. The Morgan fingerprint density at radius 2 is 2.05 bits per heavy atom. The van der Waals surface area contributed by atoms with E-state index in [4.69, 9.17) is 10.5 Å². The van der Waals surface area contributed by atoms with Crippen LogP contribution in [0.2, 0.25) is 0 Å². The molecule has 0 bridgehead atoms. The molecule has 0 radical (unpaired) electrons. The summed E-state index contributed by atoms with van der Waals surface area (Å²) in [4.78, 5) is 4.07. The van der Waals surface area contributed by atoms with E-state index in [1.54, 1.807) is 12.4 Å². The van der Waals surface area contributed by atoms with Crippen LogP contribution in [-0.2, 0) is 6.42 Å². The van der Waals surface area contributed by atoms with Gasteiger partial charge in [-0.15, -0.1) is 0 Å². The van der Waals surface area contributed by atoms with Crippen molar-refractivity contribution in [2.75, 3.05) is 0 Å². The van der Waals surface area contributed by atoms with Gasteiger partial charge in [-0.05, 0) is 65.5 Å². The minimum Gasteiger partial charge on any atom is -0.456 e.